The summed E-state index contributed by atoms with van der Waals surface area (Å²) >= 11 is 0. The summed E-state index contributed by atoms with van der Waals surface area (Å²) in [5.41, 5.74) is 9.58. The third-order valence-corrected chi connectivity index (χ3v) is 3.08. The fourth-order valence-corrected chi connectivity index (χ4v) is 2.02. The molecule has 0 aromatic heterocycles. The third kappa shape index (κ3) is 6.62. The summed E-state index contributed by atoms with van der Waals surface area (Å²) < 4.78 is 0. The fraction of sp³-hybridized carbons (Fsp3) is 0.235. The van der Waals surface area contributed by atoms with Crippen LogP contribution >= 0.6 is 24.0 Å². The SMILES string of the molecule is Cc1cccc(CN=C(N)NCCc2ccccc2)c1.I. The predicted molar refractivity (Wildman–Crippen MR) is 100 cm³/mol. The highest BCUT2D eigenvalue weighted by Crippen LogP contribution is 2.04. The minimum atomic E-state index is 0. The van der Waals surface area contributed by atoms with Crippen molar-refractivity contribution in [2.75, 3.05) is 6.54 Å². The Bertz CT molecular complexity index is 567. The first-order valence-corrected chi connectivity index (χ1v) is 6.87. The first-order valence-electron chi connectivity index (χ1n) is 6.87. The highest BCUT2D eigenvalue weighted by atomic mass is 127. The molecule has 0 aliphatic carbocycles. The molecule has 0 spiro atoms. The van der Waals surface area contributed by atoms with E-state index in [2.05, 4.69) is 47.6 Å². The maximum absolute atomic E-state index is 5.86. The van der Waals surface area contributed by atoms with Crippen LogP contribution in [0.4, 0.5) is 0 Å². The van der Waals surface area contributed by atoms with Gasteiger partial charge in [-0.3, -0.25) is 0 Å². The van der Waals surface area contributed by atoms with Crippen molar-refractivity contribution in [2.45, 2.75) is 19.9 Å². The van der Waals surface area contributed by atoms with Gasteiger partial charge in [0.2, 0.25) is 0 Å². The molecular formula is C17H22IN3. The van der Waals surface area contributed by atoms with Crippen LogP contribution in [0.15, 0.2) is 59.6 Å². The van der Waals surface area contributed by atoms with Gasteiger partial charge in [0, 0.05) is 6.54 Å². The number of nitrogens with one attached hydrogen (secondary N) is 1. The van der Waals surface area contributed by atoms with E-state index in [0.29, 0.717) is 12.5 Å². The average molecular weight is 395 g/mol. The second-order valence-corrected chi connectivity index (χ2v) is 4.85. The van der Waals surface area contributed by atoms with Crippen LogP contribution in [0.5, 0.6) is 0 Å². The number of nitrogens with two attached hydrogens (primary N) is 1. The van der Waals surface area contributed by atoms with E-state index in [-0.39, 0.29) is 24.0 Å². The second-order valence-electron chi connectivity index (χ2n) is 4.85. The van der Waals surface area contributed by atoms with Crippen LogP contribution in [0.1, 0.15) is 16.7 Å². The first-order chi connectivity index (χ1) is 9.74. The second kappa shape index (κ2) is 9.39. The third-order valence-electron chi connectivity index (χ3n) is 3.08. The number of rotatable bonds is 5. The van der Waals surface area contributed by atoms with Crippen molar-refractivity contribution in [3.63, 3.8) is 0 Å². The van der Waals surface area contributed by atoms with E-state index in [1.807, 2.05) is 24.3 Å². The molecule has 0 atom stereocenters. The Labute approximate surface area is 143 Å². The van der Waals surface area contributed by atoms with Gasteiger partial charge in [-0.1, -0.05) is 60.2 Å². The summed E-state index contributed by atoms with van der Waals surface area (Å²) in [6, 6.07) is 18.6. The molecular weight excluding hydrogens is 373 g/mol. The number of aliphatic imine (C=N–C) groups is 1. The smallest absolute Gasteiger partial charge is 0.188 e. The van der Waals surface area contributed by atoms with E-state index in [4.69, 9.17) is 5.73 Å². The van der Waals surface area contributed by atoms with Gasteiger partial charge in [-0.15, -0.1) is 24.0 Å². The maximum atomic E-state index is 5.86. The van der Waals surface area contributed by atoms with Crippen molar-refractivity contribution < 1.29 is 0 Å². The van der Waals surface area contributed by atoms with Crippen molar-refractivity contribution in [3.05, 3.63) is 71.3 Å². The molecule has 0 aliphatic heterocycles. The van der Waals surface area contributed by atoms with Gasteiger partial charge in [-0.25, -0.2) is 4.99 Å². The minimum Gasteiger partial charge on any atom is -0.370 e. The Morgan fingerprint density at radius 2 is 1.76 bits per heavy atom. The number of hydrogen-bond acceptors (Lipinski definition) is 1. The van der Waals surface area contributed by atoms with Gasteiger partial charge in [0.15, 0.2) is 5.96 Å². The van der Waals surface area contributed by atoms with Crippen molar-refractivity contribution in [3.8, 4) is 0 Å². The standard InChI is InChI=1S/C17H21N3.HI/c1-14-6-5-9-16(12-14)13-20-17(18)19-11-10-15-7-3-2-4-8-15;/h2-9,12H,10-11,13H2,1H3,(H3,18,19,20);1H. The lowest BCUT2D eigenvalue weighted by molar-refractivity contribution is 0.848. The Morgan fingerprint density at radius 3 is 2.48 bits per heavy atom. The number of guanidine groups is 1. The Balaban J connectivity index is 0.00000220. The monoisotopic (exact) mass is 395 g/mol. The molecule has 0 unspecified atom stereocenters. The van der Waals surface area contributed by atoms with Crippen LogP contribution in [0.3, 0.4) is 0 Å². The van der Waals surface area contributed by atoms with Crippen LogP contribution in [0.25, 0.3) is 0 Å². The number of nitrogens with zero attached hydrogens (tertiary/aromatic N) is 1. The molecule has 3 N–H and O–H groups in total. The Morgan fingerprint density at radius 1 is 1.05 bits per heavy atom. The molecule has 0 fully saturated rings. The molecule has 0 aliphatic rings. The van der Waals surface area contributed by atoms with Crippen molar-refractivity contribution in [1.82, 2.24) is 5.32 Å². The van der Waals surface area contributed by atoms with Crippen LogP contribution < -0.4 is 11.1 Å². The lowest BCUT2D eigenvalue weighted by atomic mass is 10.1. The molecule has 0 heterocycles. The molecule has 0 saturated heterocycles. The minimum absolute atomic E-state index is 0. The van der Waals surface area contributed by atoms with Crippen molar-refractivity contribution in [1.29, 1.82) is 0 Å². The van der Waals surface area contributed by atoms with Gasteiger partial charge in [0.05, 0.1) is 6.54 Å². The topological polar surface area (TPSA) is 50.4 Å². The van der Waals surface area contributed by atoms with Gasteiger partial charge in [-0.05, 0) is 24.5 Å². The normalized spacial score (nSPS) is 10.8. The molecule has 112 valence electrons. The van der Waals surface area contributed by atoms with Crippen LogP contribution in [-0.4, -0.2) is 12.5 Å². The molecule has 0 saturated carbocycles. The molecule has 3 nitrogen and oxygen atoms in total. The highest BCUT2D eigenvalue weighted by molar-refractivity contribution is 14.0. The van der Waals surface area contributed by atoms with Gasteiger partial charge in [0.1, 0.15) is 0 Å². The summed E-state index contributed by atoms with van der Waals surface area (Å²) in [6.45, 7) is 3.49. The number of hydrogen-bond donors (Lipinski definition) is 2. The first kappa shape index (κ1) is 17.5. The van der Waals surface area contributed by atoms with Gasteiger partial charge in [0.25, 0.3) is 0 Å². The summed E-state index contributed by atoms with van der Waals surface area (Å²) in [5, 5.41) is 3.14. The number of halogens is 1. The average Bonchev–Trinajstić information content (AvgIpc) is 2.46. The maximum Gasteiger partial charge on any atom is 0.188 e. The number of benzene rings is 2. The van der Waals surface area contributed by atoms with Crippen LogP contribution in [-0.2, 0) is 13.0 Å². The van der Waals surface area contributed by atoms with E-state index >= 15 is 0 Å². The summed E-state index contributed by atoms with van der Waals surface area (Å²) in [6.07, 6.45) is 0.946. The zero-order valence-electron chi connectivity index (χ0n) is 12.3. The molecule has 2 aromatic carbocycles. The largest absolute Gasteiger partial charge is 0.370 e. The molecule has 2 aromatic rings. The summed E-state index contributed by atoms with van der Waals surface area (Å²) in [4.78, 5) is 4.35. The number of aryl methyl sites for hydroxylation is 1. The molecule has 0 amide bonds. The van der Waals surface area contributed by atoms with Crippen LogP contribution in [0, 0.1) is 6.92 Å². The highest BCUT2D eigenvalue weighted by Gasteiger charge is 1.95. The molecule has 21 heavy (non-hydrogen) atoms. The Kier molecular flexibility index (Phi) is 7.82. The van der Waals surface area contributed by atoms with Gasteiger partial charge < -0.3 is 11.1 Å². The lowest BCUT2D eigenvalue weighted by Crippen LogP contribution is -2.33. The zero-order chi connectivity index (χ0) is 14.2. The van der Waals surface area contributed by atoms with E-state index in [1.54, 1.807) is 0 Å². The summed E-state index contributed by atoms with van der Waals surface area (Å²) in [7, 11) is 0. The van der Waals surface area contributed by atoms with E-state index < -0.39 is 0 Å². The van der Waals surface area contributed by atoms with Crippen molar-refractivity contribution in [2.24, 2.45) is 10.7 Å². The molecule has 0 bridgehead atoms. The Hall–Kier alpha value is -1.56. The van der Waals surface area contributed by atoms with E-state index in [0.717, 1.165) is 13.0 Å². The molecule has 4 heteroatoms. The molecule has 0 radical (unpaired) electrons. The summed E-state index contributed by atoms with van der Waals surface area (Å²) in [5.74, 6) is 0.502. The van der Waals surface area contributed by atoms with Gasteiger partial charge >= 0.3 is 0 Å². The molecule has 2 rings (SSSR count). The lowest BCUT2D eigenvalue weighted by Gasteiger charge is -2.06. The van der Waals surface area contributed by atoms with E-state index in [1.165, 1.54) is 16.7 Å². The van der Waals surface area contributed by atoms with Crippen molar-refractivity contribution >= 4 is 29.9 Å². The van der Waals surface area contributed by atoms with Crippen LogP contribution in [0.2, 0.25) is 0 Å². The van der Waals surface area contributed by atoms with Gasteiger partial charge in [-0.2, -0.15) is 0 Å². The zero-order valence-corrected chi connectivity index (χ0v) is 14.6. The van der Waals surface area contributed by atoms with E-state index in [9.17, 15) is 0 Å². The predicted octanol–water partition coefficient (Wildman–Crippen LogP) is 3.26. The quantitative estimate of drug-likeness (QED) is 0.464. The fourth-order valence-electron chi connectivity index (χ4n) is 2.02.